The van der Waals surface area contributed by atoms with E-state index in [4.69, 9.17) is 4.74 Å². The van der Waals surface area contributed by atoms with Gasteiger partial charge in [-0.05, 0) is 43.3 Å². The van der Waals surface area contributed by atoms with E-state index >= 15 is 0 Å². The van der Waals surface area contributed by atoms with Gasteiger partial charge in [0.1, 0.15) is 28.4 Å². The summed E-state index contributed by atoms with van der Waals surface area (Å²) in [4.78, 5) is 26.7. The van der Waals surface area contributed by atoms with E-state index in [2.05, 4.69) is 15.4 Å². The number of rotatable bonds is 6. The third kappa shape index (κ3) is 3.50. The highest BCUT2D eigenvalue weighted by molar-refractivity contribution is 6.00. The average Bonchev–Trinajstić information content (AvgIpc) is 3.19. The molecule has 0 fully saturated rings. The second-order valence-electron chi connectivity index (χ2n) is 6.71. The quantitative estimate of drug-likeness (QED) is 0.450. The second-order valence-corrected chi connectivity index (χ2v) is 6.71. The molecule has 0 amide bonds. The van der Waals surface area contributed by atoms with E-state index in [1.807, 2.05) is 55.5 Å². The van der Waals surface area contributed by atoms with Crippen molar-refractivity contribution < 1.29 is 14.6 Å². The van der Waals surface area contributed by atoms with Crippen LogP contribution in [0.4, 0.5) is 5.69 Å². The molecule has 0 saturated heterocycles. The second kappa shape index (κ2) is 7.75. The largest absolute Gasteiger partial charge is 0.477 e. The summed E-state index contributed by atoms with van der Waals surface area (Å²) in [5.74, 6) is 0.0334. The highest BCUT2D eigenvalue weighted by atomic mass is 16.5. The number of hydrogen-bond acceptors (Lipinski definition) is 5. The minimum atomic E-state index is -1.15. The van der Waals surface area contributed by atoms with Gasteiger partial charge in [0, 0.05) is 30.2 Å². The van der Waals surface area contributed by atoms with Crippen molar-refractivity contribution in [1.82, 2.24) is 14.8 Å². The highest BCUT2D eigenvalue weighted by Gasteiger charge is 2.20. The van der Waals surface area contributed by atoms with Crippen LogP contribution in [0.1, 0.15) is 17.4 Å². The highest BCUT2D eigenvalue weighted by Crippen LogP contribution is 2.37. The van der Waals surface area contributed by atoms with Gasteiger partial charge in [0.15, 0.2) is 0 Å². The molecular weight excluding hydrogens is 384 g/mol. The number of aromatic carboxylic acids is 1. The van der Waals surface area contributed by atoms with Crippen LogP contribution in [0.15, 0.2) is 59.4 Å². The Bertz CT molecular complexity index is 1290. The summed E-state index contributed by atoms with van der Waals surface area (Å²) in [5, 5.41) is 17.5. The number of nitrogens with zero attached hydrogens (tertiary/aromatic N) is 2. The van der Waals surface area contributed by atoms with Crippen LogP contribution in [0.5, 0.6) is 11.5 Å². The summed E-state index contributed by atoms with van der Waals surface area (Å²) in [6, 6.07) is 16.3. The number of H-pyrrole nitrogens is 1. The topological polar surface area (TPSA) is 109 Å². The van der Waals surface area contributed by atoms with Crippen LogP contribution >= 0.6 is 0 Å². The molecule has 0 unspecified atom stereocenters. The lowest BCUT2D eigenvalue weighted by atomic mass is 10.1. The fraction of sp³-hybridized carbons (Fsp3) is 0.136. The van der Waals surface area contributed by atoms with Crippen LogP contribution in [0.3, 0.4) is 0 Å². The molecule has 0 spiro atoms. The van der Waals surface area contributed by atoms with Gasteiger partial charge in [-0.1, -0.05) is 18.2 Å². The van der Waals surface area contributed by atoms with E-state index in [9.17, 15) is 14.7 Å². The number of benzene rings is 2. The Morgan fingerprint density at radius 3 is 2.67 bits per heavy atom. The van der Waals surface area contributed by atoms with Crippen LogP contribution in [0.2, 0.25) is 0 Å². The monoisotopic (exact) mass is 404 g/mol. The number of ether oxygens (including phenoxy) is 1. The normalized spacial score (nSPS) is 10.9. The predicted molar refractivity (Wildman–Crippen MR) is 114 cm³/mol. The molecular formula is C22H20N4O4. The van der Waals surface area contributed by atoms with Gasteiger partial charge >= 0.3 is 5.97 Å². The van der Waals surface area contributed by atoms with Crippen LogP contribution in [-0.2, 0) is 7.05 Å². The molecule has 0 aliphatic heterocycles. The molecule has 0 bridgehead atoms. The molecule has 2 aromatic carbocycles. The molecule has 152 valence electrons. The van der Waals surface area contributed by atoms with E-state index in [-0.39, 0.29) is 11.2 Å². The van der Waals surface area contributed by atoms with Crippen molar-refractivity contribution in [3.8, 4) is 22.8 Å². The summed E-state index contributed by atoms with van der Waals surface area (Å²) < 4.78 is 7.28. The first-order chi connectivity index (χ1) is 14.5. The van der Waals surface area contributed by atoms with Gasteiger partial charge in [0.25, 0.3) is 5.56 Å². The smallest absolute Gasteiger partial charge is 0.352 e. The van der Waals surface area contributed by atoms with Crippen LogP contribution < -0.4 is 15.6 Å². The summed E-state index contributed by atoms with van der Waals surface area (Å²) >= 11 is 0. The van der Waals surface area contributed by atoms with Gasteiger partial charge in [0.05, 0.1) is 0 Å². The molecule has 0 radical (unpaired) electrons. The molecule has 2 aromatic heterocycles. The van der Waals surface area contributed by atoms with Crippen molar-refractivity contribution in [2.45, 2.75) is 6.92 Å². The van der Waals surface area contributed by atoms with Crippen molar-refractivity contribution in [2.24, 2.45) is 7.05 Å². The number of hydrogen-bond donors (Lipinski definition) is 3. The Balaban J connectivity index is 1.97. The third-order valence-corrected chi connectivity index (χ3v) is 4.65. The van der Waals surface area contributed by atoms with Gasteiger partial charge in [-0.25, -0.2) is 9.48 Å². The molecule has 4 rings (SSSR count). The molecule has 8 heteroatoms. The maximum absolute atomic E-state index is 12.5. The third-order valence-electron chi connectivity index (χ3n) is 4.65. The van der Waals surface area contributed by atoms with Crippen LogP contribution in [-0.4, -0.2) is 32.4 Å². The molecule has 3 N–H and O–H groups in total. The van der Waals surface area contributed by atoms with Crippen LogP contribution in [0.25, 0.3) is 22.2 Å². The Kier molecular flexibility index (Phi) is 4.97. The van der Waals surface area contributed by atoms with Crippen molar-refractivity contribution in [3.05, 3.63) is 70.6 Å². The molecule has 2 heterocycles. The van der Waals surface area contributed by atoms with E-state index < -0.39 is 11.5 Å². The number of aryl methyl sites for hydroxylation is 1. The lowest BCUT2D eigenvalue weighted by molar-refractivity contribution is 0.0691. The van der Waals surface area contributed by atoms with Crippen LogP contribution in [0, 0.1) is 0 Å². The Morgan fingerprint density at radius 2 is 1.97 bits per heavy atom. The number of carboxylic acid groups (broad SMARTS) is 1. The Labute approximate surface area is 171 Å². The maximum Gasteiger partial charge on any atom is 0.352 e. The van der Waals surface area contributed by atoms with Crippen molar-refractivity contribution in [2.75, 3.05) is 11.9 Å². The lowest BCUT2D eigenvalue weighted by Gasteiger charge is -2.14. The lowest BCUT2D eigenvalue weighted by Crippen LogP contribution is -2.20. The molecule has 0 aliphatic carbocycles. The summed E-state index contributed by atoms with van der Waals surface area (Å²) in [6.45, 7) is 2.71. The number of carboxylic acids is 1. The Morgan fingerprint density at radius 1 is 1.20 bits per heavy atom. The standard InChI is InChI=1S/C22H20N4O4/c1-3-23-13-9-10-18(30-14-7-5-4-6-8-14)15(11-13)19-16-12-17(22(28)29)24-20(16)21(27)26(2)25-19/h4-12,23-24H,3H2,1-2H3,(H,28,29). The zero-order valence-electron chi connectivity index (χ0n) is 16.5. The SMILES string of the molecule is CCNc1ccc(Oc2ccccc2)c(-c2nn(C)c(=O)c3[nH]c(C(=O)O)cc23)c1. The number of fused-ring (bicyclic) bond motifs is 1. The number of para-hydroxylation sites is 1. The first kappa shape index (κ1) is 19.3. The Hall–Kier alpha value is -4.07. The fourth-order valence-corrected chi connectivity index (χ4v) is 3.27. The maximum atomic E-state index is 12.5. The van der Waals surface area contributed by atoms with Gasteiger partial charge < -0.3 is 20.1 Å². The molecule has 30 heavy (non-hydrogen) atoms. The minimum absolute atomic E-state index is 0.0790. The van der Waals surface area contributed by atoms with E-state index in [1.54, 1.807) is 0 Å². The number of carbonyl (C=O) groups is 1. The number of aromatic nitrogens is 3. The molecule has 8 nitrogen and oxygen atoms in total. The molecule has 0 aliphatic rings. The predicted octanol–water partition coefficient (Wildman–Crippen LogP) is 3.85. The van der Waals surface area contributed by atoms with Gasteiger partial charge in [-0.3, -0.25) is 4.79 Å². The van der Waals surface area contributed by atoms with Gasteiger partial charge in [-0.15, -0.1) is 0 Å². The summed E-state index contributed by atoms with van der Waals surface area (Å²) in [7, 11) is 1.53. The fourth-order valence-electron chi connectivity index (χ4n) is 3.27. The molecule has 0 saturated carbocycles. The first-order valence-corrected chi connectivity index (χ1v) is 9.42. The minimum Gasteiger partial charge on any atom is -0.477 e. The van der Waals surface area contributed by atoms with Gasteiger partial charge in [0.2, 0.25) is 0 Å². The number of anilines is 1. The van der Waals surface area contributed by atoms with Crippen molar-refractivity contribution >= 4 is 22.6 Å². The van der Waals surface area contributed by atoms with E-state index in [0.29, 0.717) is 28.1 Å². The first-order valence-electron chi connectivity index (χ1n) is 9.42. The number of nitrogens with one attached hydrogen (secondary N) is 2. The summed E-state index contributed by atoms with van der Waals surface area (Å²) in [5.41, 5.74) is 1.62. The van der Waals surface area contributed by atoms with Gasteiger partial charge in [-0.2, -0.15) is 5.10 Å². The molecule has 0 atom stereocenters. The number of aromatic amines is 1. The molecule has 4 aromatic rings. The van der Waals surface area contributed by atoms with Crippen molar-refractivity contribution in [3.63, 3.8) is 0 Å². The zero-order valence-corrected chi connectivity index (χ0v) is 16.5. The summed E-state index contributed by atoms with van der Waals surface area (Å²) in [6.07, 6.45) is 0. The average molecular weight is 404 g/mol. The van der Waals surface area contributed by atoms with E-state index in [0.717, 1.165) is 12.2 Å². The van der Waals surface area contributed by atoms with Crippen molar-refractivity contribution in [1.29, 1.82) is 0 Å². The zero-order chi connectivity index (χ0) is 21.3. The van der Waals surface area contributed by atoms with E-state index in [1.165, 1.54) is 17.8 Å².